The molecule has 5 nitrogen and oxygen atoms in total. The zero-order valence-electron chi connectivity index (χ0n) is 16.5. The van der Waals surface area contributed by atoms with Gasteiger partial charge in [0.15, 0.2) is 0 Å². The van der Waals surface area contributed by atoms with E-state index in [9.17, 15) is 9.59 Å². The highest BCUT2D eigenvalue weighted by Crippen LogP contribution is 2.22. The van der Waals surface area contributed by atoms with Gasteiger partial charge in [-0.3, -0.25) is 14.6 Å². The van der Waals surface area contributed by atoms with Gasteiger partial charge in [-0.2, -0.15) is 0 Å². The van der Waals surface area contributed by atoms with Crippen molar-refractivity contribution in [2.24, 2.45) is 0 Å². The Balaban J connectivity index is 1.69. The van der Waals surface area contributed by atoms with Crippen LogP contribution in [0.2, 0.25) is 0 Å². The maximum atomic E-state index is 12.9. The van der Waals surface area contributed by atoms with Crippen LogP contribution in [0, 0.1) is 0 Å². The van der Waals surface area contributed by atoms with Crippen molar-refractivity contribution in [2.75, 3.05) is 13.1 Å². The van der Waals surface area contributed by atoms with E-state index in [4.69, 9.17) is 0 Å². The second kappa shape index (κ2) is 9.31. The first kappa shape index (κ1) is 19.8. The lowest BCUT2D eigenvalue weighted by atomic mass is 10.1. The Bertz CT molecular complexity index is 841. The molecule has 5 heteroatoms. The van der Waals surface area contributed by atoms with Gasteiger partial charge in [0.25, 0.3) is 11.8 Å². The average molecular weight is 377 g/mol. The van der Waals surface area contributed by atoms with Crippen LogP contribution in [-0.4, -0.2) is 40.8 Å². The molecule has 2 heterocycles. The Kier molecular flexibility index (Phi) is 6.58. The summed E-state index contributed by atoms with van der Waals surface area (Å²) in [6, 6.07) is 11.3. The van der Waals surface area contributed by atoms with Crippen LogP contribution in [0.1, 0.15) is 53.8 Å². The number of carbonyl (C=O) groups is 2. The zero-order chi connectivity index (χ0) is 19.9. The molecule has 1 aromatic carbocycles. The van der Waals surface area contributed by atoms with Crippen LogP contribution in [0.25, 0.3) is 11.3 Å². The highest BCUT2D eigenvalue weighted by Gasteiger charge is 2.25. The SMILES string of the molecule is CCCC[C@@H]1C=CCN1C(=O)c1ccc(-c2ccc(C(=O)NCC)cn2)cc1. The lowest BCUT2D eigenvalue weighted by Crippen LogP contribution is -2.36. The van der Waals surface area contributed by atoms with Gasteiger partial charge in [0.1, 0.15) is 0 Å². The molecular formula is C23H27N3O2. The van der Waals surface area contributed by atoms with Crippen LogP contribution in [0.15, 0.2) is 54.7 Å². The fourth-order valence-corrected chi connectivity index (χ4v) is 3.38. The molecular weight excluding hydrogens is 350 g/mol. The van der Waals surface area contributed by atoms with Crippen LogP contribution in [0.4, 0.5) is 0 Å². The number of amides is 2. The highest BCUT2D eigenvalue weighted by molar-refractivity contribution is 5.95. The fourth-order valence-electron chi connectivity index (χ4n) is 3.38. The molecule has 1 N–H and O–H groups in total. The lowest BCUT2D eigenvalue weighted by Gasteiger charge is -2.24. The quantitative estimate of drug-likeness (QED) is 0.740. The Hall–Kier alpha value is -2.95. The van der Waals surface area contributed by atoms with Gasteiger partial charge < -0.3 is 10.2 Å². The molecule has 1 atom stereocenters. The molecule has 0 aliphatic carbocycles. The minimum absolute atomic E-state index is 0.0668. The van der Waals surface area contributed by atoms with Crippen molar-refractivity contribution >= 4 is 11.8 Å². The topological polar surface area (TPSA) is 62.3 Å². The third-order valence-electron chi connectivity index (χ3n) is 4.97. The number of aromatic nitrogens is 1. The highest BCUT2D eigenvalue weighted by atomic mass is 16.2. The van der Waals surface area contributed by atoms with Crippen LogP contribution < -0.4 is 5.32 Å². The molecule has 0 bridgehead atoms. The summed E-state index contributed by atoms with van der Waals surface area (Å²) in [4.78, 5) is 31.0. The summed E-state index contributed by atoms with van der Waals surface area (Å²) in [5, 5.41) is 2.76. The van der Waals surface area contributed by atoms with Crippen LogP contribution >= 0.6 is 0 Å². The monoisotopic (exact) mass is 377 g/mol. The van der Waals surface area contributed by atoms with E-state index in [1.807, 2.05) is 42.2 Å². The van der Waals surface area contributed by atoms with Crippen molar-refractivity contribution in [3.05, 3.63) is 65.9 Å². The number of hydrogen-bond acceptors (Lipinski definition) is 3. The molecule has 0 fully saturated rings. The largest absolute Gasteiger partial charge is 0.352 e. The lowest BCUT2D eigenvalue weighted by molar-refractivity contribution is 0.0743. The number of hydrogen-bond donors (Lipinski definition) is 1. The summed E-state index contributed by atoms with van der Waals surface area (Å²) in [5.41, 5.74) is 2.92. The predicted octanol–water partition coefficient (Wildman–Crippen LogP) is 4.07. The normalized spacial score (nSPS) is 15.6. The molecule has 0 saturated carbocycles. The van der Waals surface area contributed by atoms with E-state index in [1.54, 1.807) is 12.3 Å². The van der Waals surface area contributed by atoms with Crippen LogP contribution in [-0.2, 0) is 0 Å². The second-order valence-corrected chi connectivity index (χ2v) is 6.96. The van der Waals surface area contributed by atoms with E-state index in [1.165, 1.54) is 0 Å². The molecule has 2 amide bonds. The first-order valence-corrected chi connectivity index (χ1v) is 9.96. The smallest absolute Gasteiger partial charge is 0.254 e. The summed E-state index contributed by atoms with van der Waals surface area (Å²) in [6.07, 6.45) is 9.06. The van der Waals surface area contributed by atoms with Gasteiger partial charge in [-0.15, -0.1) is 0 Å². The predicted molar refractivity (Wildman–Crippen MR) is 111 cm³/mol. The van der Waals surface area contributed by atoms with Crippen molar-refractivity contribution < 1.29 is 9.59 Å². The summed E-state index contributed by atoms with van der Waals surface area (Å²) in [5.74, 6) is -0.0588. The number of rotatable bonds is 7. The summed E-state index contributed by atoms with van der Waals surface area (Å²) >= 11 is 0. The van der Waals surface area contributed by atoms with Gasteiger partial charge in [0, 0.05) is 30.4 Å². The summed E-state index contributed by atoms with van der Waals surface area (Å²) in [6.45, 7) is 5.31. The van der Waals surface area contributed by atoms with Gasteiger partial charge >= 0.3 is 0 Å². The van der Waals surface area contributed by atoms with Gasteiger partial charge in [-0.25, -0.2) is 0 Å². The Morgan fingerprint density at radius 3 is 2.50 bits per heavy atom. The Morgan fingerprint density at radius 1 is 1.11 bits per heavy atom. The number of benzene rings is 1. The number of carbonyl (C=O) groups excluding carboxylic acids is 2. The van der Waals surface area contributed by atoms with E-state index in [-0.39, 0.29) is 17.9 Å². The molecule has 0 saturated heterocycles. The van der Waals surface area contributed by atoms with E-state index >= 15 is 0 Å². The van der Waals surface area contributed by atoms with E-state index in [2.05, 4.69) is 29.4 Å². The minimum Gasteiger partial charge on any atom is -0.352 e. The standard InChI is InChI=1S/C23H27N3O2/c1-3-5-7-20-8-6-15-26(20)23(28)18-11-9-17(10-12-18)21-14-13-19(16-25-21)22(27)24-4-2/h6,8-14,16,20H,3-5,7,15H2,1-2H3,(H,24,27)/t20-/m1/s1. The third-order valence-corrected chi connectivity index (χ3v) is 4.97. The number of unbranched alkanes of at least 4 members (excludes halogenated alkanes) is 1. The Morgan fingerprint density at radius 2 is 1.86 bits per heavy atom. The van der Waals surface area contributed by atoms with Gasteiger partial charge in [-0.05, 0) is 37.6 Å². The van der Waals surface area contributed by atoms with Crippen LogP contribution in [0.5, 0.6) is 0 Å². The molecule has 1 aromatic heterocycles. The average Bonchev–Trinajstić information content (AvgIpc) is 3.20. The minimum atomic E-state index is -0.126. The summed E-state index contributed by atoms with van der Waals surface area (Å²) < 4.78 is 0. The molecule has 28 heavy (non-hydrogen) atoms. The molecule has 0 spiro atoms. The molecule has 146 valence electrons. The molecule has 0 unspecified atom stereocenters. The van der Waals surface area contributed by atoms with Crippen molar-refractivity contribution in [1.82, 2.24) is 15.2 Å². The molecule has 2 aromatic rings. The van der Waals surface area contributed by atoms with Crippen molar-refractivity contribution in [3.8, 4) is 11.3 Å². The zero-order valence-corrected chi connectivity index (χ0v) is 16.5. The maximum Gasteiger partial charge on any atom is 0.254 e. The summed E-state index contributed by atoms with van der Waals surface area (Å²) in [7, 11) is 0. The van der Waals surface area contributed by atoms with E-state index < -0.39 is 0 Å². The number of nitrogens with zero attached hydrogens (tertiary/aromatic N) is 2. The van der Waals surface area contributed by atoms with E-state index in [0.29, 0.717) is 24.2 Å². The van der Waals surface area contributed by atoms with E-state index in [0.717, 1.165) is 30.5 Å². The number of pyridine rings is 1. The Labute approximate surface area is 166 Å². The molecule has 3 rings (SSSR count). The first-order valence-electron chi connectivity index (χ1n) is 9.96. The second-order valence-electron chi connectivity index (χ2n) is 6.96. The van der Waals surface area contributed by atoms with Gasteiger partial charge in [-0.1, -0.05) is 44.1 Å². The van der Waals surface area contributed by atoms with Crippen molar-refractivity contribution in [1.29, 1.82) is 0 Å². The van der Waals surface area contributed by atoms with Crippen molar-refractivity contribution in [3.63, 3.8) is 0 Å². The van der Waals surface area contributed by atoms with Crippen molar-refractivity contribution in [2.45, 2.75) is 39.2 Å². The van der Waals surface area contributed by atoms with Gasteiger partial charge in [0.05, 0.1) is 17.3 Å². The molecule has 0 radical (unpaired) electrons. The van der Waals surface area contributed by atoms with Crippen LogP contribution in [0.3, 0.4) is 0 Å². The van der Waals surface area contributed by atoms with Gasteiger partial charge in [0.2, 0.25) is 0 Å². The molecule has 1 aliphatic rings. The first-order chi connectivity index (χ1) is 13.6. The molecule has 1 aliphatic heterocycles. The maximum absolute atomic E-state index is 12.9. The number of nitrogens with one attached hydrogen (secondary N) is 1. The third kappa shape index (κ3) is 4.47. The fraction of sp³-hybridized carbons (Fsp3) is 0.348.